The molecule has 1 saturated heterocycles. The molecule has 1 aromatic heterocycles. The average molecular weight is 236 g/mol. The van der Waals surface area contributed by atoms with Crippen LogP contribution >= 0.6 is 0 Å². The summed E-state index contributed by atoms with van der Waals surface area (Å²) in [4.78, 5) is 13.8. The standard InChI is InChI=1S/C12H20N4O/c1-2-6-10-9-11(15-14-10)13-12(17)16-7-4-3-5-8-16/h9H,2-8H2,1H3,(H2,13,14,15,17). The molecule has 2 rings (SSSR count). The van der Waals surface area contributed by atoms with Crippen LogP contribution in [-0.4, -0.2) is 34.2 Å². The number of aryl methyl sites for hydroxylation is 1. The summed E-state index contributed by atoms with van der Waals surface area (Å²) in [5, 5.41) is 9.85. The lowest BCUT2D eigenvalue weighted by Crippen LogP contribution is -2.38. The number of nitrogens with zero attached hydrogens (tertiary/aromatic N) is 2. The molecule has 0 unspecified atom stereocenters. The Balaban J connectivity index is 1.88. The number of hydrogen-bond acceptors (Lipinski definition) is 2. The minimum Gasteiger partial charge on any atom is -0.325 e. The quantitative estimate of drug-likeness (QED) is 0.846. The number of likely N-dealkylation sites (tertiary alicyclic amines) is 1. The van der Waals surface area contributed by atoms with Crippen LogP contribution in [0.25, 0.3) is 0 Å². The summed E-state index contributed by atoms with van der Waals surface area (Å²) in [6.45, 7) is 3.84. The maximum absolute atomic E-state index is 11.9. The number of anilines is 1. The fourth-order valence-electron chi connectivity index (χ4n) is 2.11. The van der Waals surface area contributed by atoms with E-state index in [9.17, 15) is 4.79 Å². The SMILES string of the molecule is CCCc1cc(NC(=O)N2CCCCC2)n[nH]1. The molecule has 1 aliphatic heterocycles. The van der Waals surface area contributed by atoms with Crippen LogP contribution in [0.3, 0.4) is 0 Å². The van der Waals surface area contributed by atoms with Gasteiger partial charge in [0.1, 0.15) is 0 Å². The molecule has 94 valence electrons. The molecule has 5 nitrogen and oxygen atoms in total. The molecular weight excluding hydrogens is 216 g/mol. The van der Waals surface area contributed by atoms with Gasteiger partial charge in [-0.1, -0.05) is 13.3 Å². The van der Waals surface area contributed by atoms with Gasteiger partial charge < -0.3 is 4.90 Å². The van der Waals surface area contributed by atoms with E-state index in [2.05, 4.69) is 22.4 Å². The summed E-state index contributed by atoms with van der Waals surface area (Å²) >= 11 is 0. The molecule has 0 aliphatic carbocycles. The lowest BCUT2D eigenvalue weighted by molar-refractivity contribution is 0.200. The Morgan fingerprint density at radius 2 is 2.24 bits per heavy atom. The highest BCUT2D eigenvalue weighted by molar-refractivity contribution is 5.88. The molecular formula is C12H20N4O. The van der Waals surface area contributed by atoms with Crippen molar-refractivity contribution >= 4 is 11.8 Å². The number of nitrogens with one attached hydrogen (secondary N) is 2. The molecule has 2 amide bonds. The van der Waals surface area contributed by atoms with Gasteiger partial charge in [0.25, 0.3) is 0 Å². The Bertz CT molecular complexity index is 368. The molecule has 0 saturated carbocycles. The summed E-state index contributed by atoms with van der Waals surface area (Å²) in [6, 6.07) is 1.88. The summed E-state index contributed by atoms with van der Waals surface area (Å²) in [7, 11) is 0. The molecule has 0 radical (unpaired) electrons. The number of rotatable bonds is 3. The van der Waals surface area contributed by atoms with Gasteiger partial charge in [0.15, 0.2) is 5.82 Å². The Hall–Kier alpha value is -1.52. The summed E-state index contributed by atoms with van der Waals surface area (Å²) in [5.74, 6) is 0.629. The van der Waals surface area contributed by atoms with E-state index in [1.54, 1.807) is 0 Å². The van der Waals surface area contributed by atoms with Gasteiger partial charge >= 0.3 is 6.03 Å². The van der Waals surface area contributed by atoms with Crippen molar-refractivity contribution in [2.45, 2.75) is 39.0 Å². The maximum Gasteiger partial charge on any atom is 0.323 e. The minimum absolute atomic E-state index is 0.0285. The van der Waals surface area contributed by atoms with E-state index in [1.807, 2.05) is 11.0 Å². The highest BCUT2D eigenvalue weighted by Crippen LogP contribution is 2.12. The van der Waals surface area contributed by atoms with Gasteiger partial charge in [0.05, 0.1) is 0 Å². The topological polar surface area (TPSA) is 61.0 Å². The molecule has 0 bridgehead atoms. The number of H-pyrrole nitrogens is 1. The first-order valence-electron chi connectivity index (χ1n) is 6.40. The van der Waals surface area contributed by atoms with Crippen LogP contribution in [0.4, 0.5) is 10.6 Å². The van der Waals surface area contributed by atoms with Crippen molar-refractivity contribution in [3.8, 4) is 0 Å². The monoisotopic (exact) mass is 236 g/mol. The van der Waals surface area contributed by atoms with E-state index in [0.29, 0.717) is 5.82 Å². The number of carbonyl (C=O) groups excluding carboxylic acids is 1. The fourth-order valence-corrected chi connectivity index (χ4v) is 2.11. The van der Waals surface area contributed by atoms with Crippen LogP contribution in [0.15, 0.2) is 6.07 Å². The van der Waals surface area contributed by atoms with Crippen molar-refractivity contribution in [3.05, 3.63) is 11.8 Å². The van der Waals surface area contributed by atoms with Crippen LogP contribution in [0, 0.1) is 0 Å². The number of aromatic nitrogens is 2. The van der Waals surface area contributed by atoms with Gasteiger partial charge in [-0.15, -0.1) is 0 Å². The predicted octanol–water partition coefficient (Wildman–Crippen LogP) is 2.38. The number of amides is 2. The van der Waals surface area contributed by atoms with Crippen molar-refractivity contribution in [1.82, 2.24) is 15.1 Å². The summed E-state index contributed by atoms with van der Waals surface area (Å²) < 4.78 is 0. The Morgan fingerprint density at radius 1 is 1.47 bits per heavy atom. The van der Waals surface area contributed by atoms with Gasteiger partial charge in [-0.3, -0.25) is 10.4 Å². The second-order valence-corrected chi connectivity index (χ2v) is 4.51. The Labute approximate surface area is 102 Å². The molecule has 1 aromatic rings. The van der Waals surface area contributed by atoms with E-state index in [-0.39, 0.29) is 6.03 Å². The van der Waals surface area contributed by atoms with Gasteiger partial charge in [0.2, 0.25) is 0 Å². The van der Waals surface area contributed by atoms with Gasteiger partial charge in [0, 0.05) is 24.8 Å². The maximum atomic E-state index is 11.9. The zero-order valence-corrected chi connectivity index (χ0v) is 10.3. The highest BCUT2D eigenvalue weighted by atomic mass is 16.2. The first-order valence-corrected chi connectivity index (χ1v) is 6.40. The number of aromatic amines is 1. The third-order valence-electron chi connectivity index (χ3n) is 3.03. The number of piperidine rings is 1. The van der Waals surface area contributed by atoms with Crippen molar-refractivity contribution in [2.24, 2.45) is 0 Å². The summed E-state index contributed by atoms with van der Waals surface area (Å²) in [6.07, 6.45) is 5.48. The first kappa shape index (κ1) is 12.0. The number of hydrogen-bond donors (Lipinski definition) is 2. The third kappa shape index (κ3) is 3.22. The van der Waals surface area contributed by atoms with Crippen LogP contribution in [0.2, 0.25) is 0 Å². The molecule has 2 heterocycles. The van der Waals surface area contributed by atoms with E-state index in [4.69, 9.17) is 0 Å². The fraction of sp³-hybridized carbons (Fsp3) is 0.667. The third-order valence-corrected chi connectivity index (χ3v) is 3.03. The highest BCUT2D eigenvalue weighted by Gasteiger charge is 2.17. The van der Waals surface area contributed by atoms with Crippen LogP contribution < -0.4 is 5.32 Å². The smallest absolute Gasteiger partial charge is 0.323 e. The molecule has 0 atom stereocenters. The van der Waals surface area contributed by atoms with Crippen LogP contribution in [0.1, 0.15) is 38.3 Å². The van der Waals surface area contributed by atoms with Crippen molar-refractivity contribution < 1.29 is 4.79 Å². The normalized spacial score (nSPS) is 15.9. The van der Waals surface area contributed by atoms with Crippen LogP contribution in [-0.2, 0) is 6.42 Å². The largest absolute Gasteiger partial charge is 0.325 e. The molecule has 1 aliphatic rings. The Morgan fingerprint density at radius 3 is 2.94 bits per heavy atom. The lowest BCUT2D eigenvalue weighted by Gasteiger charge is -2.26. The molecule has 1 fully saturated rings. The molecule has 0 spiro atoms. The van der Waals surface area contributed by atoms with Crippen molar-refractivity contribution in [3.63, 3.8) is 0 Å². The zero-order chi connectivity index (χ0) is 12.1. The molecule has 5 heteroatoms. The van der Waals surface area contributed by atoms with E-state index < -0.39 is 0 Å². The predicted molar refractivity (Wildman–Crippen MR) is 67.0 cm³/mol. The average Bonchev–Trinajstić information content (AvgIpc) is 2.78. The zero-order valence-electron chi connectivity index (χ0n) is 10.3. The van der Waals surface area contributed by atoms with E-state index in [0.717, 1.165) is 44.5 Å². The molecule has 17 heavy (non-hydrogen) atoms. The lowest BCUT2D eigenvalue weighted by atomic mass is 10.1. The van der Waals surface area contributed by atoms with E-state index in [1.165, 1.54) is 6.42 Å². The Kier molecular flexibility index (Phi) is 4.01. The number of urea groups is 1. The van der Waals surface area contributed by atoms with Crippen molar-refractivity contribution in [1.29, 1.82) is 0 Å². The molecule has 0 aromatic carbocycles. The van der Waals surface area contributed by atoms with Gasteiger partial charge in [-0.05, 0) is 25.7 Å². The van der Waals surface area contributed by atoms with E-state index >= 15 is 0 Å². The van der Waals surface area contributed by atoms with Gasteiger partial charge in [-0.25, -0.2) is 4.79 Å². The number of carbonyl (C=O) groups is 1. The van der Waals surface area contributed by atoms with Crippen LogP contribution in [0.5, 0.6) is 0 Å². The summed E-state index contributed by atoms with van der Waals surface area (Å²) in [5.41, 5.74) is 1.07. The molecule has 2 N–H and O–H groups in total. The van der Waals surface area contributed by atoms with Gasteiger partial charge in [-0.2, -0.15) is 5.10 Å². The first-order chi connectivity index (χ1) is 8.29. The van der Waals surface area contributed by atoms with Crippen molar-refractivity contribution in [2.75, 3.05) is 18.4 Å². The second-order valence-electron chi connectivity index (χ2n) is 4.51. The minimum atomic E-state index is -0.0285. The second kappa shape index (κ2) is 5.70.